The molecular weight excluding hydrogens is 473 g/mol. The van der Waals surface area contributed by atoms with E-state index in [9.17, 15) is 24.2 Å². The van der Waals surface area contributed by atoms with Gasteiger partial charge in [-0.05, 0) is 60.2 Å². The minimum Gasteiger partial charge on any atom is -0.481 e. The van der Waals surface area contributed by atoms with E-state index in [1.807, 2.05) is 24.3 Å². The van der Waals surface area contributed by atoms with Crippen molar-refractivity contribution in [2.75, 3.05) is 0 Å². The molecule has 0 fully saturated rings. The molecule has 0 aliphatic rings. The van der Waals surface area contributed by atoms with Crippen LogP contribution in [0.4, 0.5) is 4.39 Å². The lowest BCUT2D eigenvalue weighted by atomic mass is 9.93. The zero-order chi connectivity index (χ0) is 24.9. The first-order valence-electron chi connectivity index (χ1n) is 11.1. The molecule has 3 aromatic carbocycles. The number of aliphatic carboxylic acids is 1. The molecule has 0 amide bonds. The standard InChI is InChI=1S/C26H23ClFN3O4/c27-21-11-10-18(15-22(21)28)17-8-5-16(6-9-17)7-12-24(32)20(26(34)35)13-14-31-25(33)19-3-1-2-4-23(19)29-30-31/h1-6,8-11,15,20,24,32H,7,12-14H2,(H,34,35)/t20?,24-/m1/s1. The number of halogens is 2. The Morgan fingerprint density at radius 2 is 1.74 bits per heavy atom. The lowest BCUT2D eigenvalue weighted by Crippen LogP contribution is -2.32. The number of hydrogen-bond acceptors (Lipinski definition) is 5. The number of aliphatic hydroxyl groups excluding tert-OH is 1. The molecular formula is C26H23ClFN3O4. The highest BCUT2D eigenvalue weighted by Gasteiger charge is 2.26. The summed E-state index contributed by atoms with van der Waals surface area (Å²) < 4.78 is 14.9. The van der Waals surface area contributed by atoms with Gasteiger partial charge in [0.15, 0.2) is 0 Å². The van der Waals surface area contributed by atoms with Crippen LogP contribution in [0.5, 0.6) is 0 Å². The quantitative estimate of drug-likeness (QED) is 0.358. The number of aromatic nitrogens is 3. The molecule has 35 heavy (non-hydrogen) atoms. The summed E-state index contributed by atoms with van der Waals surface area (Å²) >= 11 is 5.74. The Bertz CT molecular complexity index is 1410. The van der Waals surface area contributed by atoms with Gasteiger partial charge >= 0.3 is 5.97 Å². The highest BCUT2D eigenvalue weighted by atomic mass is 35.5. The predicted octanol–water partition coefficient (Wildman–Crippen LogP) is 4.34. The van der Waals surface area contributed by atoms with Crippen molar-refractivity contribution in [1.29, 1.82) is 0 Å². The van der Waals surface area contributed by atoms with Crippen molar-refractivity contribution in [2.24, 2.45) is 5.92 Å². The maximum Gasteiger partial charge on any atom is 0.309 e. The number of carboxylic acids is 1. The lowest BCUT2D eigenvalue weighted by Gasteiger charge is -2.19. The summed E-state index contributed by atoms with van der Waals surface area (Å²) in [4.78, 5) is 24.4. The third kappa shape index (κ3) is 5.72. The van der Waals surface area contributed by atoms with E-state index in [0.29, 0.717) is 22.9 Å². The van der Waals surface area contributed by atoms with Crippen LogP contribution >= 0.6 is 11.6 Å². The largest absolute Gasteiger partial charge is 0.481 e. The smallest absolute Gasteiger partial charge is 0.309 e. The second-order valence-electron chi connectivity index (χ2n) is 8.30. The second-order valence-corrected chi connectivity index (χ2v) is 8.71. The Morgan fingerprint density at radius 1 is 1.03 bits per heavy atom. The molecule has 0 bridgehead atoms. The summed E-state index contributed by atoms with van der Waals surface area (Å²) in [7, 11) is 0. The van der Waals surface area contributed by atoms with Crippen molar-refractivity contribution in [2.45, 2.75) is 31.9 Å². The van der Waals surface area contributed by atoms with E-state index in [4.69, 9.17) is 11.6 Å². The average Bonchev–Trinajstić information content (AvgIpc) is 2.86. The molecule has 2 atom stereocenters. The fourth-order valence-corrected chi connectivity index (χ4v) is 4.08. The van der Waals surface area contributed by atoms with E-state index < -0.39 is 23.8 Å². The van der Waals surface area contributed by atoms with Gasteiger partial charge in [-0.3, -0.25) is 9.59 Å². The Labute approximate surface area is 205 Å². The van der Waals surface area contributed by atoms with Crippen molar-refractivity contribution in [3.63, 3.8) is 0 Å². The van der Waals surface area contributed by atoms with Crippen molar-refractivity contribution in [1.82, 2.24) is 15.0 Å². The zero-order valence-corrected chi connectivity index (χ0v) is 19.4. The molecule has 1 heterocycles. The first-order chi connectivity index (χ1) is 16.8. The highest BCUT2D eigenvalue weighted by molar-refractivity contribution is 6.30. The minimum absolute atomic E-state index is 0.0248. The molecule has 4 rings (SSSR count). The van der Waals surface area contributed by atoms with E-state index in [1.54, 1.807) is 30.3 Å². The molecule has 180 valence electrons. The lowest BCUT2D eigenvalue weighted by molar-refractivity contribution is -0.146. The molecule has 0 radical (unpaired) electrons. The summed E-state index contributed by atoms with van der Waals surface area (Å²) in [5.74, 6) is -2.70. The Kier molecular flexibility index (Phi) is 7.53. The number of aryl methyl sites for hydroxylation is 2. The molecule has 1 aromatic heterocycles. The summed E-state index contributed by atoms with van der Waals surface area (Å²) in [6.45, 7) is 0.0248. The average molecular weight is 496 g/mol. The van der Waals surface area contributed by atoms with Crippen LogP contribution in [0.15, 0.2) is 71.5 Å². The molecule has 0 aliphatic carbocycles. The fourth-order valence-electron chi connectivity index (χ4n) is 3.97. The van der Waals surface area contributed by atoms with Gasteiger partial charge in [0.2, 0.25) is 0 Å². The molecule has 4 aromatic rings. The number of carboxylic acid groups (broad SMARTS) is 1. The molecule has 1 unspecified atom stereocenters. The zero-order valence-electron chi connectivity index (χ0n) is 18.6. The monoisotopic (exact) mass is 495 g/mol. The third-order valence-corrected chi connectivity index (χ3v) is 6.31. The number of carbonyl (C=O) groups is 1. The number of aliphatic hydroxyl groups is 1. The number of hydrogen-bond donors (Lipinski definition) is 2. The number of nitrogens with zero attached hydrogens (tertiary/aromatic N) is 3. The van der Waals surface area contributed by atoms with Crippen molar-refractivity contribution < 1.29 is 19.4 Å². The Hall–Kier alpha value is -3.62. The summed E-state index contributed by atoms with van der Waals surface area (Å²) in [5.41, 5.74) is 2.53. The van der Waals surface area contributed by atoms with Gasteiger partial charge < -0.3 is 10.2 Å². The molecule has 2 N–H and O–H groups in total. The minimum atomic E-state index is -1.14. The van der Waals surface area contributed by atoms with Crippen molar-refractivity contribution in [3.8, 4) is 11.1 Å². The number of rotatable bonds is 9. The van der Waals surface area contributed by atoms with E-state index in [2.05, 4.69) is 10.3 Å². The Morgan fingerprint density at radius 3 is 2.46 bits per heavy atom. The maximum absolute atomic E-state index is 13.7. The normalized spacial score (nSPS) is 13.0. The summed E-state index contributed by atoms with van der Waals surface area (Å²) in [5, 5.41) is 28.6. The van der Waals surface area contributed by atoms with E-state index in [1.165, 1.54) is 12.1 Å². The molecule has 0 spiro atoms. The molecule has 0 saturated carbocycles. The third-order valence-electron chi connectivity index (χ3n) is 6.00. The van der Waals surface area contributed by atoms with E-state index in [-0.39, 0.29) is 30.0 Å². The Balaban J connectivity index is 1.38. The van der Waals surface area contributed by atoms with Gasteiger partial charge in [-0.25, -0.2) is 9.07 Å². The van der Waals surface area contributed by atoms with Crippen LogP contribution < -0.4 is 5.56 Å². The highest BCUT2D eigenvalue weighted by Crippen LogP contribution is 2.25. The van der Waals surface area contributed by atoms with Crippen molar-refractivity contribution in [3.05, 3.63) is 93.5 Å². The number of benzene rings is 3. The van der Waals surface area contributed by atoms with Crippen LogP contribution in [0.1, 0.15) is 18.4 Å². The van der Waals surface area contributed by atoms with Crippen LogP contribution in [-0.4, -0.2) is 37.3 Å². The first-order valence-corrected chi connectivity index (χ1v) is 11.5. The van der Waals surface area contributed by atoms with Crippen LogP contribution in [-0.2, 0) is 17.8 Å². The number of fused-ring (bicyclic) bond motifs is 1. The van der Waals surface area contributed by atoms with Crippen LogP contribution in [0, 0.1) is 11.7 Å². The summed E-state index contributed by atoms with van der Waals surface area (Å²) in [6.07, 6.45) is -0.397. The second kappa shape index (κ2) is 10.8. The molecule has 0 saturated heterocycles. The van der Waals surface area contributed by atoms with Gasteiger partial charge in [0, 0.05) is 6.54 Å². The summed E-state index contributed by atoms with van der Waals surface area (Å²) in [6, 6.07) is 18.8. The molecule has 7 nitrogen and oxygen atoms in total. The fraction of sp³-hybridized carbons (Fsp3) is 0.231. The topological polar surface area (TPSA) is 105 Å². The SMILES string of the molecule is O=C(O)C(CCn1nnc2ccccc2c1=O)[C@H](O)CCc1ccc(-c2ccc(Cl)c(F)c2)cc1. The van der Waals surface area contributed by atoms with Gasteiger partial charge in [0.05, 0.1) is 22.4 Å². The predicted molar refractivity (Wildman–Crippen MR) is 131 cm³/mol. The van der Waals surface area contributed by atoms with E-state index >= 15 is 0 Å². The first kappa shape index (κ1) is 24.5. The van der Waals surface area contributed by atoms with Gasteiger partial charge in [-0.1, -0.05) is 59.3 Å². The van der Waals surface area contributed by atoms with Crippen LogP contribution in [0.2, 0.25) is 5.02 Å². The maximum atomic E-state index is 13.7. The molecule has 0 aliphatic heterocycles. The van der Waals surface area contributed by atoms with E-state index in [0.717, 1.165) is 15.8 Å². The van der Waals surface area contributed by atoms with Gasteiger partial charge in [-0.15, -0.1) is 5.10 Å². The van der Waals surface area contributed by atoms with Crippen LogP contribution in [0.25, 0.3) is 22.0 Å². The van der Waals surface area contributed by atoms with Gasteiger partial charge in [-0.2, -0.15) is 0 Å². The van der Waals surface area contributed by atoms with Crippen LogP contribution in [0.3, 0.4) is 0 Å². The van der Waals surface area contributed by atoms with Gasteiger partial charge in [0.1, 0.15) is 11.3 Å². The van der Waals surface area contributed by atoms with Crippen molar-refractivity contribution >= 4 is 28.5 Å². The molecule has 9 heteroatoms. The van der Waals surface area contributed by atoms with Gasteiger partial charge in [0.25, 0.3) is 5.56 Å².